The van der Waals surface area contributed by atoms with Crippen LogP contribution in [0.3, 0.4) is 0 Å². The number of nitrogens with one attached hydrogen (secondary N) is 1. The van der Waals surface area contributed by atoms with Crippen molar-refractivity contribution in [3.05, 3.63) is 7.05 Å². The van der Waals surface area contributed by atoms with Gasteiger partial charge in [0.25, 0.3) is 0 Å². The van der Waals surface area contributed by atoms with E-state index in [4.69, 9.17) is 4.84 Å². The lowest BCUT2D eigenvalue weighted by molar-refractivity contribution is -0.0301. The zero-order valence-corrected chi connectivity index (χ0v) is 6.48. The molecule has 0 aromatic rings. The van der Waals surface area contributed by atoms with Gasteiger partial charge in [-0.2, -0.15) is 0 Å². The van der Waals surface area contributed by atoms with Gasteiger partial charge in [0.2, 0.25) is 0 Å². The fourth-order valence-corrected chi connectivity index (χ4v) is 0.798. The van der Waals surface area contributed by atoms with E-state index in [2.05, 4.69) is 33.3 Å². The number of rotatable bonds is 4. The lowest BCUT2D eigenvalue weighted by Gasteiger charge is -2.17. The van der Waals surface area contributed by atoms with Crippen molar-refractivity contribution in [1.29, 1.82) is 0 Å². The Kier molecular flexibility index (Phi) is 4.72. The molecule has 2 heteroatoms. The molecule has 2 nitrogen and oxygen atoms in total. The van der Waals surface area contributed by atoms with Crippen LogP contribution in [0.5, 0.6) is 0 Å². The van der Waals surface area contributed by atoms with Crippen LogP contribution in [-0.4, -0.2) is 6.10 Å². The molecule has 1 unspecified atom stereocenters. The molecule has 1 atom stereocenters. The lowest BCUT2D eigenvalue weighted by Crippen LogP contribution is -2.23. The monoisotopic (exact) mass is 130 g/mol. The smallest absolute Gasteiger partial charge is 0.0810 e. The molecule has 9 heavy (non-hydrogen) atoms. The summed E-state index contributed by atoms with van der Waals surface area (Å²) in [6.45, 7) is 6.36. The Bertz CT molecular complexity index is 63.9. The van der Waals surface area contributed by atoms with Gasteiger partial charge in [0.15, 0.2) is 0 Å². The van der Waals surface area contributed by atoms with Gasteiger partial charge in [-0.05, 0) is 12.3 Å². The summed E-state index contributed by atoms with van der Waals surface area (Å²) < 4.78 is 0. The quantitative estimate of drug-likeness (QED) is 0.585. The molecule has 0 heterocycles. The van der Waals surface area contributed by atoms with Crippen LogP contribution in [0.15, 0.2) is 0 Å². The molecule has 0 spiro atoms. The molecule has 0 aromatic carbocycles. The van der Waals surface area contributed by atoms with E-state index in [1.165, 1.54) is 0 Å². The molecule has 0 aliphatic heterocycles. The highest BCUT2D eigenvalue weighted by molar-refractivity contribution is 4.57. The van der Waals surface area contributed by atoms with Crippen LogP contribution < -0.4 is 5.48 Å². The van der Waals surface area contributed by atoms with Crippen molar-refractivity contribution in [3.8, 4) is 0 Å². The van der Waals surface area contributed by atoms with Gasteiger partial charge in [0.05, 0.1) is 6.10 Å². The Morgan fingerprint density at radius 2 is 2.11 bits per heavy atom. The first-order valence-corrected chi connectivity index (χ1v) is 3.40. The van der Waals surface area contributed by atoms with Gasteiger partial charge >= 0.3 is 0 Å². The van der Waals surface area contributed by atoms with E-state index in [9.17, 15) is 0 Å². The normalized spacial score (nSPS) is 14.3. The predicted octanol–water partition coefficient (Wildman–Crippen LogP) is 1.73. The maximum Gasteiger partial charge on any atom is 0.0810 e. The lowest BCUT2D eigenvalue weighted by atomic mass is 10.1. The SMILES string of the molecule is [CH2]NOC(CC)C(C)C. The van der Waals surface area contributed by atoms with Crippen molar-refractivity contribution in [2.24, 2.45) is 5.92 Å². The molecule has 0 bridgehead atoms. The fraction of sp³-hybridized carbons (Fsp3) is 0.857. The second-order valence-electron chi connectivity index (χ2n) is 2.45. The van der Waals surface area contributed by atoms with Crippen LogP contribution in [0.1, 0.15) is 27.2 Å². The second-order valence-corrected chi connectivity index (χ2v) is 2.45. The van der Waals surface area contributed by atoms with Crippen LogP contribution >= 0.6 is 0 Å². The average molecular weight is 130 g/mol. The van der Waals surface area contributed by atoms with Crippen molar-refractivity contribution < 1.29 is 4.84 Å². The van der Waals surface area contributed by atoms with Gasteiger partial charge in [0.1, 0.15) is 0 Å². The third-order valence-electron chi connectivity index (χ3n) is 1.38. The van der Waals surface area contributed by atoms with Crippen molar-refractivity contribution >= 4 is 0 Å². The third-order valence-corrected chi connectivity index (χ3v) is 1.38. The highest BCUT2D eigenvalue weighted by Gasteiger charge is 2.09. The van der Waals surface area contributed by atoms with E-state index in [0.29, 0.717) is 12.0 Å². The van der Waals surface area contributed by atoms with Crippen LogP contribution in [0, 0.1) is 13.0 Å². The third kappa shape index (κ3) is 3.49. The summed E-state index contributed by atoms with van der Waals surface area (Å²) in [6.07, 6.45) is 1.32. The van der Waals surface area contributed by atoms with Gasteiger partial charge < -0.3 is 0 Å². The first kappa shape index (κ1) is 8.92. The first-order valence-electron chi connectivity index (χ1n) is 3.40. The zero-order valence-electron chi connectivity index (χ0n) is 6.48. The Morgan fingerprint density at radius 1 is 1.56 bits per heavy atom. The molecule has 55 valence electrons. The zero-order chi connectivity index (χ0) is 7.28. The Labute approximate surface area is 57.5 Å². The van der Waals surface area contributed by atoms with E-state index in [1.54, 1.807) is 0 Å². The molecule has 1 radical (unpaired) electrons. The topological polar surface area (TPSA) is 21.3 Å². The van der Waals surface area contributed by atoms with Crippen LogP contribution in [0.2, 0.25) is 0 Å². The maximum atomic E-state index is 5.09. The molecular weight excluding hydrogens is 114 g/mol. The summed E-state index contributed by atoms with van der Waals surface area (Å²) in [5, 5.41) is 0. The highest BCUT2D eigenvalue weighted by Crippen LogP contribution is 2.07. The standard InChI is InChI=1S/C7H16NO/c1-5-7(6(2)3)9-8-4/h6-8H,4-5H2,1-3H3. The second kappa shape index (κ2) is 4.77. The molecule has 1 N–H and O–H groups in total. The largest absolute Gasteiger partial charge is 0.298 e. The van der Waals surface area contributed by atoms with E-state index >= 15 is 0 Å². The fourth-order valence-electron chi connectivity index (χ4n) is 0.798. The van der Waals surface area contributed by atoms with Crippen molar-refractivity contribution in [2.75, 3.05) is 0 Å². The maximum absolute atomic E-state index is 5.09. The molecule has 0 aliphatic rings. The van der Waals surface area contributed by atoms with Crippen LogP contribution in [0.4, 0.5) is 0 Å². The summed E-state index contributed by atoms with van der Waals surface area (Å²) in [6, 6.07) is 0. The molecule has 0 fully saturated rings. The van der Waals surface area contributed by atoms with Gasteiger partial charge in [-0.25, -0.2) is 5.48 Å². The number of hydroxylamine groups is 1. The van der Waals surface area contributed by atoms with E-state index in [1.807, 2.05) is 0 Å². The minimum absolute atomic E-state index is 0.294. The summed E-state index contributed by atoms with van der Waals surface area (Å²) in [5.74, 6) is 0.559. The summed E-state index contributed by atoms with van der Waals surface area (Å²) >= 11 is 0. The van der Waals surface area contributed by atoms with E-state index < -0.39 is 0 Å². The molecule has 0 aliphatic carbocycles. The van der Waals surface area contributed by atoms with E-state index in [-0.39, 0.29) is 0 Å². The minimum atomic E-state index is 0.294. The van der Waals surface area contributed by atoms with Crippen LogP contribution in [0.25, 0.3) is 0 Å². The Hall–Kier alpha value is -0.0800. The molecule has 0 rings (SSSR count). The summed E-state index contributed by atoms with van der Waals surface area (Å²) in [5.41, 5.74) is 2.45. The summed E-state index contributed by atoms with van der Waals surface area (Å²) in [4.78, 5) is 5.09. The van der Waals surface area contributed by atoms with Crippen molar-refractivity contribution in [2.45, 2.75) is 33.3 Å². The molecule has 0 saturated carbocycles. The predicted molar refractivity (Wildman–Crippen MR) is 38.5 cm³/mol. The molecule has 0 saturated heterocycles. The first-order chi connectivity index (χ1) is 4.22. The average Bonchev–Trinajstić information content (AvgIpc) is 1.82. The van der Waals surface area contributed by atoms with Crippen molar-refractivity contribution in [1.82, 2.24) is 5.48 Å². The molecule has 0 aromatic heterocycles. The molecule has 0 amide bonds. The minimum Gasteiger partial charge on any atom is -0.298 e. The van der Waals surface area contributed by atoms with Gasteiger partial charge in [-0.3, -0.25) is 4.84 Å². The van der Waals surface area contributed by atoms with Crippen LogP contribution in [-0.2, 0) is 4.84 Å². The summed E-state index contributed by atoms with van der Waals surface area (Å²) in [7, 11) is 3.38. The Morgan fingerprint density at radius 3 is 2.22 bits per heavy atom. The highest BCUT2D eigenvalue weighted by atomic mass is 16.7. The van der Waals surface area contributed by atoms with Gasteiger partial charge in [-0.1, -0.05) is 20.8 Å². The van der Waals surface area contributed by atoms with Crippen molar-refractivity contribution in [3.63, 3.8) is 0 Å². The molecular formula is C7H16NO. The Balaban J connectivity index is 3.41. The number of hydrogen-bond donors (Lipinski definition) is 1. The number of hydrogen-bond acceptors (Lipinski definition) is 2. The van der Waals surface area contributed by atoms with E-state index in [0.717, 1.165) is 6.42 Å². The van der Waals surface area contributed by atoms with Gasteiger partial charge in [-0.15, -0.1) is 0 Å². The van der Waals surface area contributed by atoms with Gasteiger partial charge in [0, 0.05) is 7.05 Å².